The Labute approximate surface area is 336 Å². The summed E-state index contributed by atoms with van der Waals surface area (Å²) in [6, 6.07) is 6.83. The molecule has 4 aromatic rings. The van der Waals surface area contributed by atoms with E-state index in [4.69, 9.17) is 14.7 Å². The molecule has 7 rings (SSSR count). The van der Waals surface area contributed by atoms with Crippen LogP contribution in [-0.4, -0.2) is 49.7 Å². The highest BCUT2D eigenvalue weighted by molar-refractivity contribution is 6.23. The molecule has 3 aliphatic rings. The van der Waals surface area contributed by atoms with Crippen LogP contribution in [0.4, 0.5) is 26.3 Å². The van der Waals surface area contributed by atoms with Gasteiger partial charge in [0, 0.05) is 63.7 Å². The molecular weight excluding hydrogens is 777 g/mol. The van der Waals surface area contributed by atoms with Crippen LogP contribution in [0.3, 0.4) is 0 Å². The lowest BCUT2D eigenvalue weighted by atomic mass is 9.84. The number of aromatic nitrogens is 4. The van der Waals surface area contributed by atoms with E-state index in [9.17, 15) is 40.7 Å². The highest BCUT2D eigenvalue weighted by Gasteiger charge is 2.43. The third-order valence-electron chi connectivity index (χ3n) is 12.2. The molecule has 0 radical (unpaired) electrons. The Kier molecular flexibility index (Phi) is 10.6. The average molecular weight is 822 g/mol. The van der Waals surface area contributed by atoms with E-state index < -0.39 is 59.3 Å². The van der Waals surface area contributed by atoms with Gasteiger partial charge in [-0.1, -0.05) is 34.6 Å². The second kappa shape index (κ2) is 15.0. The van der Waals surface area contributed by atoms with Crippen LogP contribution in [-0.2, 0) is 28.4 Å². The normalized spacial score (nSPS) is 19.5. The first kappa shape index (κ1) is 41.7. The van der Waals surface area contributed by atoms with Gasteiger partial charge in [-0.15, -0.1) is 0 Å². The Morgan fingerprint density at radius 3 is 1.93 bits per heavy atom. The van der Waals surface area contributed by atoms with Gasteiger partial charge in [-0.3, -0.25) is 29.3 Å². The van der Waals surface area contributed by atoms with Gasteiger partial charge < -0.3 is 14.7 Å². The molecular formula is C44H45F6N5O4. The summed E-state index contributed by atoms with van der Waals surface area (Å²) in [7, 11) is 1.26. The van der Waals surface area contributed by atoms with E-state index in [1.54, 1.807) is 6.92 Å². The van der Waals surface area contributed by atoms with Crippen molar-refractivity contribution in [2.75, 3.05) is 7.11 Å². The molecule has 0 fully saturated rings. The molecule has 1 aromatic carbocycles. The number of carbonyl (C=O) groups excluding carboxylic acids is 3. The maximum atomic E-state index is 14.9. The standard InChI is InChI=1S/C44H45F6N5O4/c1-9-27-20(4)29-17-34-36(19(2)3)22(6)31(52-34)15-30-21(5)28(10-11-35(56)59-8)39(53-30)38-40-37(23(7)32(54-40)16-33(27)51-29)41(57)55(42(38)58)18-24-12-25(43(45,46)47)14-26(13-24)44(48,49)50/h12-17,19-21,27-28,52,54H,9-11,18H2,1-8H3/t20?,21-,27?,28-/m0/s1. The number of aryl methyl sites for hydroxylation is 2. The predicted octanol–water partition coefficient (Wildman–Crippen LogP) is 11.0. The van der Waals surface area contributed by atoms with Gasteiger partial charge in [-0.2, -0.15) is 26.3 Å². The predicted molar refractivity (Wildman–Crippen MR) is 209 cm³/mol. The number of amides is 2. The zero-order valence-corrected chi connectivity index (χ0v) is 33.9. The van der Waals surface area contributed by atoms with Gasteiger partial charge in [-0.25, -0.2) is 0 Å². The molecule has 8 bridgehead atoms. The first-order valence-electron chi connectivity index (χ1n) is 19.6. The zero-order chi connectivity index (χ0) is 43.0. The molecule has 4 atom stereocenters. The minimum atomic E-state index is -5.15. The molecule has 0 saturated carbocycles. The number of hydrogen-bond donors (Lipinski definition) is 2. The lowest BCUT2D eigenvalue weighted by Gasteiger charge is -2.27. The first-order valence-corrected chi connectivity index (χ1v) is 19.6. The van der Waals surface area contributed by atoms with Crippen LogP contribution in [0.15, 0.2) is 36.4 Å². The van der Waals surface area contributed by atoms with Gasteiger partial charge in [0.05, 0.1) is 47.1 Å². The third-order valence-corrected chi connectivity index (χ3v) is 12.2. The summed E-state index contributed by atoms with van der Waals surface area (Å²) in [5, 5.41) is 0. The lowest BCUT2D eigenvalue weighted by Crippen LogP contribution is -2.40. The highest BCUT2D eigenvalue weighted by atomic mass is 19.4. The van der Waals surface area contributed by atoms with Crippen molar-refractivity contribution in [1.82, 2.24) is 24.8 Å². The first-order chi connectivity index (χ1) is 27.6. The molecule has 2 unspecified atom stereocenters. The van der Waals surface area contributed by atoms with E-state index in [2.05, 4.69) is 43.7 Å². The molecule has 3 aliphatic heterocycles. The van der Waals surface area contributed by atoms with Crippen LogP contribution < -0.4 is 0 Å². The minimum absolute atomic E-state index is 0.00135. The summed E-state index contributed by atoms with van der Waals surface area (Å²) in [6.07, 6.45) is -9.43. The lowest BCUT2D eigenvalue weighted by molar-refractivity contribution is -0.143. The second-order valence-electron chi connectivity index (χ2n) is 16.2. The largest absolute Gasteiger partial charge is 0.469 e. The van der Waals surface area contributed by atoms with Crippen LogP contribution in [0, 0.1) is 13.8 Å². The van der Waals surface area contributed by atoms with E-state index in [0.717, 1.165) is 40.0 Å². The number of aromatic amines is 2. The maximum absolute atomic E-state index is 14.9. The van der Waals surface area contributed by atoms with E-state index >= 15 is 0 Å². The molecule has 3 aromatic heterocycles. The third kappa shape index (κ3) is 7.30. The molecule has 9 nitrogen and oxygen atoms in total. The number of rotatable bonds is 7. The fourth-order valence-electron chi connectivity index (χ4n) is 9.05. The summed E-state index contributed by atoms with van der Waals surface area (Å²) < 4.78 is 88.7. The second-order valence-corrected chi connectivity index (χ2v) is 16.2. The Hall–Kier alpha value is -5.47. The van der Waals surface area contributed by atoms with Crippen molar-refractivity contribution in [3.05, 3.63) is 104 Å². The molecule has 2 N–H and O–H groups in total. The Balaban J connectivity index is 1.57. The number of ether oxygens (including phenoxy) is 1. The summed E-state index contributed by atoms with van der Waals surface area (Å²) >= 11 is 0. The fourth-order valence-corrected chi connectivity index (χ4v) is 9.05. The van der Waals surface area contributed by atoms with E-state index in [1.165, 1.54) is 7.11 Å². The molecule has 0 saturated heterocycles. The maximum Gasteiger partial charge on any atom is 0.416 e. The molecule has 15 heteroatoms. The van der Waals surface area contributed by atoms with Crippen molar-refractivity contribution in [2.45, 2.75) is 116 Å². The number of H-pyrrole nitrogens is 2. The fraction of sp³-hybridized carbons (Fsp3) is 0.432. The van der Waals surface area contributed by atoms with Gasteiger partial charge in [0.15, 0.2) is 0 Å². The number of benzene rings is 1. The van der Waals surface area contributed by atoms with Crippen LogP contribution in [0.2, 0.25) is 0 Å². The number of fused-ring (bicyclic) bond motifs is 8. The number of halogens is 6. The van der Waals surface area contributed by atoms with Crippen molar-refractivity contribution in [2.24, 2.45) is 0 Å². The van der Waals surface area contributed by atoms with Crippen molar-refractivity contribution >= 4 is 39.9 Å². The van der Waals surface area contributed by atoms with Gasteiger partial charge >= 0.3 is 18.3 Å². The van der Waals surface area contributed by atoms with Gasteiger partial charge in [0.25, 0.3) is 11.8 Å². The molecule has 312 valence electrons. The van der Waals surface area contributed by atoms with Gasteiger partial charge in [0.2, 0.25) is 0 Å². The summed E-state index contributed by atoms with van der Waals surface area (Å²) in [5.74, 6) is -3.20. The zero-order valence-electron chi connectivity index (χ0n) is 33.9. The average Bonchev–Trinajstić information content (AvgIpc) is 3.84. The van der Waals surface area contributed by atoms with Crippen LogP contribution >= 0.6 is 0 Å². The monoisotopic (exact) mass is 821 g/mol. The summed E-state index contributed by atoms with van der Waals surface area (Å²) in [5.41, 5.74) is 3.42. The summed E-state index contributed by atoms with van der Waals surface area (Å²) in [4.78, 5) is 59.7. The van der Waals surface area contributed by atoms with E-state index in [1.807, 2.05) is 26.0 Å². The highest BCUT2D eigenvalue weighted by Crippen LogP contribution is 2.46. The number of hydrogen-bond acceptors (Lipinski definition) is 6. The Morgan fingerprint density at radius 1 is 0.780 bits per heavy atom. The smallest absolute Gasteiger partial charge is 0.416 e. The quantitative estimate of drug-likeness (QED) is 0.109. The number of alkyl halides is 6. The van der Waals surface area contributed by atoms with E-state index in [-0.39, 0.29) is 64.9 Å². The number of carbonyl (C=O) groups is 3. The number of esters is 1. The Bertz CT molecular complexity index is 2540. The number of imide groups is 1. The molecule has 2 amide bonds. The molecule has 0 aliphatic carbocycles. The van der Waals surface area contributed by atoms with Crippen LogP contribution in [0.5, 0.6) is 0 Å². The SMILES string of the molecule is CCC1c2cc3[nH]c4c(c5nc(cc6[nH]c(cc(n2)C1C)c(C(C)C)c6C)[C@@H](C)[C@@H]5CCC(=O)OC)C(=O)N(Cc1cc(C(F)(F)F)cc(C(F)(F)F)c1)C(=O)c4c3C. The van der Waals surface area contributed by atoms with E-state index in [0.29, 0.717) is 33.8 Å². The number of methoxy groups -OCH3 is 1. The van der Waals surface area contributed by atoms with Crippen molar-refractivity contribution in [3.8, 4) is 0 Å². The molecule has 59 heavy (non-hydrogen) atoms. The van der Waals surface area contributed by atoms with Crippen LogP contribution in [0.25, 0.3) is 22.1 Å². The van der Waals surface area contributed by atoms with Gasteiger partial charge in [0.1, 0.15) is 0 Å². The van der Waals surface area contributed by atoms with Gasteiger partial charge in [-0.05, 0) is 91.3 Å². The van der Waals surface area contributed by atoms with Crippen molar-refractivity contribution in [1.29, 1.82) is 0 Å². The summed E-state index contributed by atoms with van der Waals surface area (Å²) in [6.45, 7) is 13.1. The molecule has 6 heterocycles. The van der Waals surface area contributed by atoms with Crippen molar-refractivity contribution < 1.29 is 45.5 Å². The number of nitrogens with zero attached hydrogens (tertiary/aromatic N) is 3. The minimum Gasteiger partial charge on any atom is -0.469 e. The molecule has 0 spiro atoms. The number of nitrogens with one attached hydrogen (secondary N) is 2. The van der Waals surface area contributed by atoms with Crippen LogP contribution in [0.1, 0.15) is 160 Å². The van der Waals surface area contributed by atoms with Crippen molar-refractivity contribution in [3.63, 3.8) is 0 Å². The topological polar surface area (TPSA) is 121 Å². The Morgan fingerprint density at radius 2 is 1.34 bits per heavy atom.